The van der Waals surface area contributed by atoms with Crippen molar-refractivity contribution in [3.05, 3.63) is 18.0 Å². The van der Waals surface area contributed by atoms with Crippen LogP contribution in [0.4, 0.5) is 0 Å². The van der Waals surface area contributed by atoms with Crippen molar-refractivity contribution in [3.63, 3.8) is 0 Å². The van der Waals surface area contributed by atoms with E-state index in [4.69, 9.17) is 5.73 Å². The predicted molar refractivity (Wildman–Crippen MR) is 43.2 cm³/mol. The zero-order valence-corrected chi connectivity index (χ0v) is 6.75. The average molecular weight is 151 g/mol. The Balaban J connectivity index is 2.29. The van der Waals surface area contributed by atoms with E-state index in [1.165, 1.54) is 18.4 Å². The highest BCUT2D eigenvalue weighted by atomic mass is 15.2. The molecule has 1 heterocycles. The van der Waals surface area contributed by atoms with Gasteiger partial charge in [-0.05, 0) is 18.4 Å². The van der Waals surface area contributed by atoms with Gasteiger partial charge in [0.1, 0.15) is 0 Å². The van der Waals surface area contributed by atoms with Crippen molar-refractivity contribution in [2.24, 2.45) is 12.8 Å². The van der Waals surface area contributed by atoms with E-state index in [0.717, 1.165) is 6.54 Å². The van der Waals surface area contributed by atoms with Gasteiger partial charge in [-0.15, -0.1) is 0 Å². The molecule has 11 heavy (non-hydrogen) atoms. The standard InChI is InChI=1S/C8H13N3/c1-11-5-7(4-10-11)8(6-9)2-3-8/h4-5H,2-3,6,9H2,1H3. The van der Waals surface area contributed by atoms with Crippen molar-refractivity contribution in [2.45, 2.75) is 18.3 Å². The molecule has 2 rings (SSSR count). The number of aromatic nitrogens is 2. The Morgan fingerprint density at radius 1 is 1.73 bits per heavy atom. The van der Waals surface area contributed by atoms with Gasteiger partial charge in [0.15, 0.2) is 0 Å². The van der Waals surface area contributed by atoms with Crippen LogP contribution in [0.3, 0.4) is 0 Å². The van der Waals surface area contributed by atoms with E-state index >= 15 is 0 Å². The smallest absolute Gasteiger partial charge is 0.0527 e. The maximum absolute atomic E-state index is 5.67. The molecule has 3 nitrogen and oxygen atoms in total. The molecule has 1 aliphatic rings. The molecule has 0 unspecified atom stereocenters. The highest BCUT2D eigenvalue weighted by Gasteiger charge is 2.43. The number of hydrogen-bond donors (Lipinski definition) is 1. The molecule has 1 fully saturated rings. The van der Waals surface area contributed by atoms with E-state index in [0.29, 0.717) is 5.41 Å². The van der Waals surface area contributed by atoms with E-state index < -0.39 is 0 Å². The Hall–Kier alpha value is -0.830. The Morgan fingerprint density at radius 3 is 2.82 bits per heavy atom. The van der Waals surface area contributed by atoms with Crippen LogP contribution in [0.15, 0.2) is 12.4 Å². The fraction of sp³-hybridized carbons (Fsp3) is 0.625. The van der Waals surface area contributed by atoms with Gasteiger partial charge in [-0.1, -0.05) is 0 Å². The van der Waals surface area contributed by atoms with Crippen molar-refractivity contribution >= 4 is 0 Å². The fourth-order valence-corrected chi connectivity index (χ4v) is 1.46. The summed E-state index contributed by atoms with van der Waals surface area (Å²) >= 11 is 0. The molecule has 0 aliphatic heterocycles. The van der Waals surface area contributed by atoms with Crippen molar-refractivity contribution in [1.29, 1.82) is 0 Å². The molecule has 0 amide bonds. The molecule has 1 saturated carbocycles. The summed E-state index contributed by atoms with van der Waals surface area (Å²) in [6, 6.07) is 0. The first-order valence-corrected chi connectivity index (χ1v) is 3.96. The van der Waals surface area contributed by atoms with Crippen LogP contribution in [-0.2, 0) is 12.5 Å². The summed E-state index contributed by atoms with van der Waals surface area (Å²) < 4.78 is 1.84. The zero-order valence-electron chi connectivity index (χ0n) is 6.75. The third-order valence-electron chi connectivity index (χ3n) is 2.56. The lowest BCUT2D eigenvalue weighted by atomic mass is 10.0. The van der Waals surface area contributed by atoms with E-state index in [1.54, 1.807) is 0 Å². The van der Waals surface area contributed by atoms with Crippen LogP contribution in [0.25, 0.3) is 0 Å². The maximum Gasteiger partial charge on any atom is 0.0527 e. The van der Waals surface area contributed by atoms with Gasteiger partial charge >= 0.3 is 0 Å². The van der Waals surface area contributed by atoms with Gasteiger partial charge in [-0.25, -0.2) is 0 Å². The minimum Gasteiger partial charge on any atom is -0.330 e. The molecular formula is C8H13N3. The lowest BCUT2D eigenvalue weighted by Gasteiger charge is -2.07. The summed E-state index contributed by atoms with van der Waals surface area (Å²) in [5.74, 6) is 0. The normalized spacial score (nSPS) is 20.2. The summed E-state index contributed by atoms with van der Waals surface area (Å²) in [5.41, 5.74) is 7.28. The van der Waals surface area contributed by atoms with Gasteiger partial charge in [0.25, 0.3) is 0 Å². The average Bonchev–Trinajstić information content (AvgIpc) is 2.70. The molecule has 0 bridgehead atoms. The number of nitrogens with two attached hydrogens (primary N) is 1. The van der Waals surface area contributed by atoms with E-state index in [2.05, 4.69) is 11.3 Å². The molecule has 0 aromatic carbocycles. The Morgan fingerprint density at radius 2 is 2.45 bits per heavy atom. The number of nitrogens with zero attached hydrogens (tertiary/aromatic N) is 2. The second-order valence-electron chi connectivity index (χ2n) is 3.39. The quantitative estimate of drug-likeness (QED) is 0.665. The fourth-order valence-electron chi connectivity index (χ4n) is 1.46. The minimum atomic E-state index is 0.300. The molecular weight excluding hydrogens is 138 g/mol. The molecule has 0 saturated heterocycles. The predicted octanol–water partition coefficient (Wildman–Crippen LogP) is 0.410. The van der Waals surface area contributed by atoms with Crippen LogP contribution in [0.1, 0.15) is 18.4 Å². The molecule has 60 valence electrons. The molecule has 2 N–H and O–H groups in total. The molecule has 0 spiro atoms. The first-order valence-electron chi connectivity index (χ1n) is 3.96. The van der Waals surface area contributed by atoms with E-state index in [9.17, 15) is 0 Å². The summed E-state index contributed by atoms with van der Waals surface area (Å²) in [6.07, 6.45) is 6.46. The summed E-state index contributed by atoms with van der Waals surface area (Å²) in [4.78, 5) is 0. The molecule has 1 aliphatic carbocycles. The van der Waals surface area contributed by atoms with Crippen LogP contribution >= 0.6 is 0 Å². The molecule has 1 aromatic rings. The molecule has 0 atom stereocenters. The topological polar surface area (TPSA) is 43.8 Å². The highest BCUT2D eigenvalue weighted by molar-refractivity contribution is 5.27. The van der Waals surface area contributed by atoms with Crippen LogP contribution in [0.2, 0.25) is 0 Å². The third-order valence-corrected chi connectivity index (χ3v) is 2.56. The number of rotatable bonds is 2. The minimum absolute atomic E-state index is 0.300. The van der Waals surface area contributed by atoms with Crippen molar-refractivity contribution in [3.8, 4) is 0 Å². The van der Waals surface area contributed by atoms with Crippen molar-refractivity contribution in [1.82, 2.24) is 9.78 Å². The summed E-state index contributed by atoms with van der Waals surface area (Å²) in [5, 5.41) is 4.13. The SMILES string of the molecule is Cn1cc(C2(CN)CC2)cn1. The second kappa shape index (κ2) is 2.08. The number of aryl methyl sites for hydroxylation is 1. The third kappa shape index (κ3) is 0.959. The maximum atomic E-state index is 5.67. The van der Waals surface area contributed by atoms with Gasteiger partial charge in [0, 0.05) is 25.2 Å². The van der Waals surface area contributed by atoms with Gasteiger partial charge in [-0.3, -0.25) is 4.68 Å². The van der Waals surface area contributed by atoms with Crippen molar-refractivity contribution in [2.75, 3.05) is 6.54 Å². The van der Waals surface area contributed by atoms with Gasteiger partial charge in [0.05, 0.1) is 6.20 Å². The van der Waals surface area contributed by atoms with Crippen LogP contribution < -0.4 is 5.73 Å². The van der Waals surface area contributed by atoms with Crippen LogP contribution in [0, 0.1) is 0 Å². The van der Waals surface area contributed by atoms with E-state index in [-0.39, 0.29) is 0 Å². The first-order chi connectivity index (χ1) is 5.27. The van der Waals surface area contributed by atoms with Crippen LogP contribution in [0.5, 0.6) is 0 Å². The Bertz CT molecular complexity index is 260. The van der Waals surface area contributed by atoms with Gasteiger partial charge in [-0.2, -0.15) is 5.10 Å². The molecule has 1 aromatic heterocycles. The van der Waals surface area contributed by atoms with Crippen molar-refractivity contribution < 1.29 is 0 Å². The Labute approximate surface area is 66.2 Å². The molecule has 0 radical (unpaired) electrons. The van der Waals surface area contributed by atoms with E-state index in [1.807, 2.05) is 17.9 Å². The first kappa shape index (κ1) is 6.85. The van der Waals surface area contributed by atoms with Gasteiger partial charge < -0.3 is 5.73 Å². The largest absolute Gasteiger partial charge is 0.330 e. The van der Waals surface area contributed by atoms with Crippen LogP contribution in [-0.4, -0.2) is 16.3 Å². The monoisotopic (exact) mass is 151 g/mol. The summed E-state index contributed by atoms with van der Waals surface area (Å²) in [6.45, 7) is 0.763. The second-order valence-corrected chi connectivity index (χ2v) is 3.39. The number of hydrogen-bond acceptors (Lipinski definition) is 2. The van der Waals surface area contributed by atoms with Gasteiger partial charge in [0.2, 0.25) is 0 Å². The Kier molecular flexibility index (Phi) is 1.29. The molecule has 3 heteroatoms. The lowest BCUT2D eigenvalue weighted by Crippen LogP contribution is -2.18. The highest BCUT2D eigenvalue weighted by Crippen LogP contribution is 2.46. The summed E-state index contributed by atoms with van der Waals surface area (Å²) in [7, 11) is 1.94. The lowest BCUT2D eigenvalue weighted by molar-refractivity contribution is 0.701. The zero-order chi connectivity index (χ0) is 7.90.